The first-order valence-corrected chi connectivity index (χ1v) is 5.58. The van der Waals surface area contributed by atoms with E-state index >= 15 is 0 Å². The summed E-state index contributed by atoms with van der Waals surface area (Å²) in [5.74, 6) is 0.765. The van der Waals surface area contributed by atoms with Gasteiger partial charge in [-0.25, -0.2) is 0 Å². The van der Waals surface area contributed by atoms with Gasteiger partial charge in [0.1, 0.15) is 5.75 Å². The van der Waals surface area contributed by atoms with Gasteiger partial charge in [0.2, 0.25) is 0 Å². The van der Waals surface area contributed by atoms with Crippen molar-refractivity contribution in [3.05, 3.63) is 48.7 Å². The van der Waals surface area contributed by atoms with Gasteiger partial charge in [-0.1, -0.05) is 18.2 Å². The second-order valence-corrected chi connectivity index (χ2v) is 3.71. The van der Waals surface area contributed by atoms with E-state index in [9.17, 15) is 0 Å². The Morgan fingerprint density at radius 3 is 2.94 bits per heavy atom. The highest BCUT2D eigenvalue weighted by molar-refractivity contribution is 5.85. The molecule has 0 aliphatic carbocycles. The molecule has 17 heavy (non-hydrogen) atoms. The molecule has 0 radical (unpaired) electrons. The third kappa shape index (κ3) is 2.63. The summed E-state index contributed by atoms with van der Waals surface area (Å²) in [6.45, 7) is 4.16. The van der Waals surface area contributed by atoms with Crippen molar-refractivity contribution in [1.29, 1.82) is 0 Å². The van der Waals surface area contributed by atoms with Crippen LogP contribution in [0.25, 0.3) is 10.9 Å². The minimum absolute atomic E-state index is 0.0807. The van der Waals surface area contributed by atoms with Gasteiger partial charge in [-0.05, 0) is 18.6 Å². The number of hydrogen-bond acceptors (Lipinski definition) is 3. The largest absolute Gasteiger partial charge is 0.492 e. The molecule has 2 aromatic rings. The molecule has 0 aliphatic heterocycles. The number of rotatable bonds is 5. The van der Waals surface area contributed by atoms with Crippen molar-refractivity contribution in [2.75, 3.05) is 6.61 Å². The highest BCUT2D eigenvalue weighted by Gasteiger charge is 2.05. The van der Waals surface area contributed by atoms with E-state index in [4.69, 9.17) is 9.84 Å². The zero-order valence-corrected chi connectivity index (χ0v) is 9.60. The van der Waals surface area contributed by atoms with Crippen LogP contribution in [0.2, 0.25) is 0 Å². The molecule has 0 atom stereocenters. The Balaban J connectivity index is 2.39. The average molecular weight is 229 g/mol. The van der Waals surface area contributed by atoms with Crippen LogP contribution in [-0.4, -0.2) is 16.7 Å². The number of benzene rings is 1. The number of hydrogen-bond donors (Lipinski definition) is 1. The predicted octanol–water partition coefficient (Wildman–Crippen LogP) is 2.68. The quantitative estimate of drug-likeness (QED) is 0.633. The lowest BCUT2D eigenvalue weighted by Gasteiger charge is -2.09. The zero-order chi connectivity index (χ0) is 12.1. The van der Waals surface area contributed by atoms with Crippen molar-refractivity contribution >= 4 is 10.9 Å². The molecule has 0 spiro atoms. The molecule has 2 rings (SSSR count). The van der Waals surface area contributed by atoms with Gasteiger partial charge in [-0.15, -0.1) is 6.58 Å². The minimum Gasteiger partial charge on any atom is -0.492 e. The average Bonchev–Trinajstić information content (AvgIpc) is 2.38. The summed E-state index contributed by atoms with van der Waals surface area (Å²) in [5, 5.41) is 10.1. The van der Waals surface area contributed by atoms with Crippen LogP contribution in [0.5, 0.6) is 5.75 Å². The summed E-state index contributed by atoms with van der Waals surface area (Å²) in [6, 6.07) is 9.53. The first-order chi connectivity index (χ1) is 8.35. The molecular weight excluding hydrogens is 214 g/mol. The number of fused-ring (bicyclic) bond motifs is 1. The summed E-state index contributed by atoms with van der Waals surface area (Å²) >= 11 is 0. The minimum atomic E-state index is -0.0807. The van der Waals surface area contributed by atoms with E-state index in [-0.39, 0.29) is 6.61 Å². The smallest absolute Gasteiger partial charge is 0.130 e. The van der Waals surface area contributed by atoms with Crippen molar-refractivity contribution in [2.24, 2.45) is 0 Å². The van der Waals surface area contributed by atoms with E-state index in [1.54, 1.807) is 6.07 Å². The van der Waals surface area contributed by atoms with Gasteiger partial charge in [0.15, 0.2) is 0 Å². The van der Waals surface area contributed by atoms with Crippen LogP contribution in [0.4, 0.5) is 0 Å². The molecule has 1 heterocycles. The van der Waals surface area contributed by atoms with E-state index in [1.807, 2.05) is 30.3 Å². The van der Waals surface area contributed by atoms with E-state index in [0.29, 0.717) is 12.3 Å². The summed E-state index contributed by atoms with van der Waals surface area (Å²) < 4.78 is 5.68. The van der Waals surface area contributed by atoms with Crippen LogP contribution < -0.4 is 4.74 Å². The van der Waals surface area contributed by atoms with Crippen molar-refractivity contribution < 1.29 is 9.84 Å². The van der Waals surface area contributed by atoms with Gasteiger partial charge >= 0.3 is 0 Å². The molecule has 0 unspecified atom stereocenters. The molecule has 0 saturated carbocycles. The Kier molecular flexibility index (Phi) is 3.73. The molecule has 1 N–H and O–H groups in total. The maximum Gasteiger partial charge on any atom is 0.130 e. The maximum absolute atomic E-state index is 9.16. The molecule has 0 fully saturated rings. The topological polar surface area (TPSA) is 42.4 Å². The van der Waals surface area contributed by atoms with E-state index in [1.165, 1.54) is 0 Å². The Hall–Kier alpha value is -1.87. The fraction of sp³-hybridized carbons (Fsp3) is 0.214. The highest BCUT2D eigenvalue weighted by atomic mass is 16.5. The van der Waals surface area contributed by atoms with Crippen LogP contribution in [0, 0.1) is 0 Å². The van der Waals surface area contributed by atoms with Gasteiger partial charge in [0.05, 0.1) is 24.4 Å². The number of aliphatic hydroxyl groups is 1. The van der Waals surface area contributed by atoms with E-state index in [2.05, 4.69) is 11.6 Å². The first kappa shape index (κ1) is 11.6. The fourth-order valence-corrected chi connectivity index (χ4v) is 1.65. The van der Waals surface area contributed by atoms with Crippen molar-refractivity contribution in [1.82, 2.24) is 4.98 Å². The van der Waals surface area contributed by atoms with Crippen LogP contribution >= 0.6 is 0 Å². The maximum atomic E-state index is 9.16. The van der Waals surface area contributed by atoms with Crippen LogP contribution in [-0.2, 0) is 6.61 Å². The van der Waals surface area contributed by atoms with E-state index in [0.717, 1.165) is 23.1 Å². The number of aliphatic hydroxyl groups excluding tert-OH is 1. The zero-order valence-electron chi connectivity index (χ0n) is 9.60. The van der Waals surface area contributed by atoms with Crippen molar-refractivity contribution in [3.63, 3.8) is 0 Å². The molecule has 88 valence electrons. The van der Waals surface area contributed by atoms with Crippen LogP contribution in [0.15, 0.2) is 43.0 Å². The predicted molar refractivity (Wildman–Crippen MR) is 68.0 cm³/mol. The Bertz CT molecular complexity index is 523. The molecule has 0 bridgehead atoms. The van der Waals surface area contributed by atoms with E-state index < -0.39 is 0 Å². The van der Waals surface area contributed by atoms with Crippen molar-refractivity contribution in [3.8, 4) is 5.75 Å². The second kappa shape index (κ2) is 5.46. The molecule has 3 nitrogen and oxygen atoms in total. The second-order valence-electron chi connectivity index (χ2n) is 3.71. The lowest BCUT2D eigenvalue weighted by molar-refractivity contribution is 0.275. The number of aromatic nitrogens is 1. The summed E-state index contributed by atoms with van der Waals surface area (Å²) in [7, 11) is 0. The standard InChI is InChI=1S/C14H15NO2/c1-2-3-8-17-14-9-11(10-16)15-13-7-5-4-6-12(13)14/h2,4-7,9,16H,1,3,8,10H2. The van der Waals surface area contributed by atoms with Gasteiger partial charge in [-0.3, -0.25) is 4.98 Å². The molecule has 3 heteroatoms. The summed E-state index contributed by atoms with van der Waals surface area (Å²) in [4.78, 5) is 4.33. The summed E-state index contributed by atoms with van der Waals surface area (Å²) in [5.41, 5.74) is 1.46. The monoisotopic (exact) mass is 229 g/mol. The van der Waals surface area contributed by atoms with Gasteiger partial charge in [-0.2, -0.15) is 0 Å². The van der Waals surface area contributed by atoms with Gasteiger partial charge in [0.25, 0.3) is 0 Å². The lowest BCUT2D eigenvalue weighted by Crippen LogP contribution is -1.99. The number of ether oxygens (including phenoxy) is 1. The van der Waals surface area contributed by atoms with Gasteiger partial charge < -0.3 is 9.84 Å². The molecule has 1 aromatic carbocycles. The number of pyridine rings is 1. The third-order valence-corrected chi connectivity index (χ3v) is 2.47. The Morgan fingerprint density at radius 2 is 2.18 bits per heavy atom. The normalized spacial score (nSPS) is 10.4. The van der Waals surface area contributed by atoms with Crippen molar-refractivity contribution in [2.45, 2.75) is 13.0 Å². The molecular formula is C14H15NO2. The molecule has 0 aliphatic rings. The first-order valence-electron chi connectivity index (χ1n) is 5.58. The highest BCUT2D eigenvalue weighted by Crippen LogP contribution is 2.25. The van der Waals surface area contributed by atoms with Crippen LogP contribution in [0.3, 0.4) is 0 Å². The lowest BCUT2D eigenvalue weighted by atomic mass is 10.2. The number of nitrogens with zero attached hydrogens (tertiary/aromatic N) is 1. The molecule has 1 aromatic heterocycles. The Morgan fingerprint density at radius 1 is 1.35 bits per heavy atom. The third-order valence-electron chi connectivity index (χ3n) is 2.47. The molecule has 0 saturated heterocycles. The number of para-hydroxylation sites is 1. The van der Waals surface area contributed by atoms with Crippen LogP contribution in [0.1, 0.15) is 12.1 Å². The summed E-state index contributed by atoms with van der Waals surface area (Å²) in [6.07, 6.45) is 2.61. The fourth-order valence-electron chi connectivity index (χ4n) is 1.65. The Labute approximate surface area is 100 Å². The SMILES string of the molecule is C=CCCOc1cc(CO)nc2ccccc12. The molecule has 0 amide bonds. The van der Waals surface area contributed by atoms with Gasteiger partial charge in [0, 0.05) is 11.5 Å².